The summed E-state index contributed by atoms with van der Waals surface area (Å²) >= 11 is 0. The van der Waals surface area contributed by atoms with Crippen LogP contribution in [0.1, 0.15) is 169 Å². The molecule has 2 rings (SSSR count). The van der Waals surface area contributed by atoms with E-state index < -0.39 is 180 Å². The third kappa shape index (κ3) is 25.0. The number of imidazole rings is 1. The first kappa shape index (κ1) is 88.1. The number of nitrogens with zero attached hydrogens (tertiary/aromatic N) is 8. The number of nitrogens with one attached hydrogen (secondary N) is 6. The largest absolute Gasteiger partial charge is 0.458 e. The Labute approximate surface area is 594 Å². The van der Waals surface area contributed by atoms with Gasteiger partial charge in [0.1, 0.15) is 72.6 Å². The molecular formula is C71H123N15O14. The van der Waals surface area contributed by atoms with Gasteiger partial charge in [-0.05, 0) is 108 Å². The number of aromatic amines is 1. The highest BCUT2D eigenvalue weighted by Crippen LogP contribution is 2.28. The number of amides is 12. The Hall–Kier alpha value is -7.98. The number of aromatic nitrogens is 2. The second-order valence-corrected chi connectivity index (χ2v) is 29.6. The second-order valence-electron chi connectivity index (χ2n) is 29.6. The van der Waals surface area contributed by atoms with Crippen molar-refractivity contribution in [3.05, 3.63) is 30.4 Å². The summed E-state index contributed by atoms with van der Waals surface area (Å²) in [5.74, 6) is -12.7. The van der Waals surface area contributed by atoms with Crippen molar-refractivity contribution < 1.29 is 67.1 Å². The number of carbonyl (C=O) groups excluding carboxylic acids is 13. The average Bonchev–Trinajstić information content (AvgIpc) is 0.831. The zero-order chi connectivity index (χ0) is 76.8. The molecule has 1 aliphatic heterocycles. The fraction of sp³-hybridized carbons (Fsp3) is 0.746. The number of hydrogen-bond donors (Lipinski definition) is 7. The summed E-state index contributed by atoms with van der Waals surface area (Å²) in [7, 11) is 9.70. The van der Waals surface area contributed by atoms with Gasteiger partial charge in [0.2, 0.25) is 70.9 Å². The van der Waals surface area contributed by atoms with Crippen LogP contribution >= 0.6 is 0 Å². The van der Waals surface area contributed by atoms with E-state index in [1.807, 2.05) is 55.4 Å². The first-order valence-electron chi connectivity index (χ1n) is 35.3. The van der Waals surface area contributed by atoms with Crippen LogP contribution in [0.5, 0.6) is 0 Å². The molecule has 1 aliphatic rings. The predicted octanol–water partition coefficient (Wildman–Crippen LogP) is 2.62. The van der Waals surface area contributed by atoms with E-state index in [0.717, 1.165) is 9.80 Å². The number of nitrogens with two attached hydrogens (primary N) is 1. The van der Waals surface area contributed by atoms with Gasteiger partial charge in [-0.2, -0.15) is 0 Å². The topological polar surface area (TPSA) is 369 Å². The first-order chi connectivity index (χ1) is 46.4. The molecule has 1 saturated heterocycles. The lowest BCUT2D eigenvalue weighted by Gasteiger charge is -2.42. The van der Waals surface area contributed by atoms with Crippen LogP contribution in [0.3, 0.4) is 0 Å². The number of allylic oxidation sites excluding steroid dienone is 2. The van der Waals surface area contributed by atoms with Gasteiger partial charge < -0.3 is 76.3 Å². The SMILES string of the molecule is C/C=C/C[C@@H](C)[C@@H](OC(=O)C(Cc1cnc[nH]1)NC(=O)C(C)N)[C@H]1C(=O)N[C@@H](CC)C(=O)N(C)CC(=O)N(C)[C@@H](CC(C)C)C(=O)N[C@@H](C(C)C)C(=O)N(C)[C@@H](CC(C)C)C(=O)N[C@@H](C)C(=O)N[C@H](C)C(=O)N(C)C(CC(C)C)C(=O)N(C)[C@@H](CC(C)C)C(=O)N(C)[C@@H](C(C)C)C(=O)N1C. The molecule has 0 radical (unpaired) electrons. The fourth-order valence-corrected chi connectivity index (χ4v) is 12.2. The van der Waals surface area contributed by atoms with Crippen molar-refractivity contribution in [1.29, 1.82) is 0 Å². The predicted molar refractivity (Wildman–Crippen MR) is 380 cm³/mol. The smallest absolute Gasteiger partial charge is 0.329 e. The van der Waals surface area contributed by atoms with Gasteiger partial charge in [-0.15, -0.1) is 0 Å². The number of carbonyl (C=O) groups is 13. The summed E-state index contributed by atoms with van der Waals surface area (Å²) < 4.78 is 6.43. The van der Waals surface area contributed by atoms with E-state index in [1.165, 1.54) is 107 Å². The van der Waals surface area contributed by atoms with Gasteiger partial charge in [-0.1, -0.05) is 109 Å². The molecule has 0 aromatic carbocycles. The molecule has 1 aromatic rings. The number of ether oxygens (including phenoxy) is 1. The van der Waals surface area contributed by atoms with E-state index in [-0.39, 0.29) is 68.6 Å². The van der Waals surface area contributed by atoms with Crippen LogP contribution in [0.4, 0.5) is 0 Å². The Morgan fingerprint density at radius 2 is 1.04 bits per heavy atom. The molecule has 29 heteroatoms. The number of H-pyrrole nitrogens is 1. The van der Waals surface area contributed by atoms with Crippen molar-refractivity contribution in [2.75, 3.05) is 55.9 Å². The number of esters is 1. The molecule has 0 saturated carbocycles. The molecular weight excluding hydrogens is 1290 g/mol. The zero-order valence-corrected chi connectivity index (χ0v) is 64.4. The highest BCUT2D eigenvalue weighted by Gasteiger charge is 2.48. The van der Waals surface area contributed by atoms with Crippen molar-refractivity contribution in [2.24, 2.45) is 47.2 Å². The lowest BCUT2D eigenvalue weighted by molar-refractivity contribution is -0.167. The van der Waals surface area contributed by atoms with E-state index in [1.54, 1.807) is 60.6 Å². The molecule has 12 amide bonds. The quantitative estimate of drug-likeness (QED) is 0.0687. The summed E-state index contributed by atoms with van der Waals surface area (Å²) in [6.45, 7) is 30.3. The molecule has 1 fully saturated rings. The molecule has 8 N–H and O–H groups in total. The Morgan fingerprint density at radius 1 is 0.570 bits per heavy atom. The first-order valence-corrected chi connectivity index (χ1v) is 35.3. The van der Waals surface area contributed by atoms with Crippen molar-refractivity contribution in [3.63, 3.8) is 0 Å². The Bertz CT molecular complexity index is 2970. The minimum absolute atomic E-state index is 0.0731. The molecule has 1 aromatic heterocycles. The third-order valence-electron chi connectivity index (χ3n) is 18.3. The molecule has 0 spiro atoms. The molecule has 3 unspecified atom stereocenters. The zero-order valence-electron chi connectivity index (χ0n) is 64.4. The molecule has 100 heavy (non-hydrogen) atoms. The number of rotatable bonds is 21. The normalized spacial score (nSPS) is 25.2. The molecule has 0 bridgehead atoms. The maximum Gasteiger partial charge on any atom is 0.329 e. The summed E-state index contributed by atoms with van der Waals surface area (Å²) in [4.78, 5) is 207. The van der Waals surface area contributed by atoms with Gasteiger partial charge in [-0.3, -0.25) is 57.5 Å². The summed E-state index contributed by atoms with van der Waals surface area (Å²) in [6, 6.07) is -15.7. The van der Waals surface area contributed by atoms with Crippen LogP contribution in [-0.4, -0.2) is 256 Å². The minimum atomic E-state index is -1.82. The van der Waals surface area contributed by atoms with E-state index >= 15 is 19.2 Å². The van der Waals surface area contributed by atoms with Gasteiger partial charge in [-0.25, -0.2) is 9.78 Å². The Balaban J connectivity index is 3.19. The second kappa shape index (κ2) is 40.5. The van der Waals surface area contributed by atoms with Crippen LogP contribution < -0.4 is 32.3 Å². The van der Waals surface area contributed by atoms with Gasteiger partial charge >= 0.3 is 5.97 Å². The Kier molecular flexibility index (Phi) is 35.6. The fourth-order valence-electron chi connectivity index (χ4n) is 12.2. The van der Waals surface area contributed by atoms with E-state index in [2.05, 4.69) is 36.6 Å². The molecule has 2 heterocycles. The van der Waals surface area contributed by atoms with Crippen LogP contribution in [0.15, 0.2) is 24.7 Å². The molecule has 29 nitrogen and oxygen atoms in total. The summed E-state index contributed by atoms with van der Waals surface area (Å²) in [6.07, 6.45) is 5.05. The maximum absolute atomic E-state index is 15.9. The lowest BCUT2D eigenvalue weighted by atomic mass is 9.91. The van der Waals surface area contributed by atoms with Crippen molar-refractivity contribution in [1.82, 2.24) is 70.9 Å². The number of likely N-dealkylation sites (N-methyl/N-ethyl adjacent to an activating group) is 7. The van der Waals surface area contributed by atoms with Crippen LogP contribution in [0.25, 0.3) is 0 Å². The third-order valence-corrected chi connectivity index (χ3v) is 18.3. The summed E-state index contributed by atoms with van der Waals surface area (Å²) in [5, 5.41) is 13.7. The average molecular weight is 1410 g/mol. The van der Waals surface area contributed by atoms with E-state index in [0.29, 0.717) is 5.69 Å². The van der Waals surface area contributed by atoms with Gasteiger partial charge in [0.15, 0.2) is 0 Å². The monoisotopic (exact) mass is 1410 g/mol. The lowest BCUT2D eigenvalue weighted by Crippen LogP contribution is -2.64. The molecule has 566 valence electrons. The van der Waals surface area contributed by atoms with Crippen LogP contribution in [-0.2, 0) is 73.5 Å². The number of hydrogen-bond acceptors (Lipinski definition) is 16. The Morgan fingerprint density at radius 3 is 1.51 bits per heavy atom. The van der Waals surface area contributed by atoms with Crippen molar-refractivity contribution >= 4 is 76.9 Å². The minimum Gasteiger partial charge on any atom is -0.458 e. The van der Waals surface area contributed by atoms with E-state index in [4.69, 9.17) is 10.5 Å². The standard InChI is InChI=1S/C71H123N15O14/c1-26-28-29-44(15)59(100-71(99)50(78-60(88)45(16)72)34-48-35-73-37-74-48)58-64(92)77-49(27-2)66(94)80(19)36-55(87)81(20)51(30-38(3)4)63(91)79-56(42(11)12)69(97)82(21)52(31-39(5)6)62(90)75-46(17)61(89)76-47(18)65(93)83(22)53(32-40(7)8)67(95)84(23)54(33-41(9)10)68(96)85(24)57(43(13)14)70(98)86(58)25/h26,28,35,37-47,49-54,56-59H,27,29-34,36,72H2,1-25H3,(H,73,74)(H,75,90)(H,76,89)(H,77,92)(H,78,88)(H,79,91)/b28-26+/t44-,45?,46+,47-,49+,50?,51+,52+,53?,54+,56+,57+,58+,59-/m1/s1. The van der Waals surface area contributed by atoms with Gasteiger partial charge in [0.05, 0.1) is 18.9 Å². The van der Waals surface area contributed by atoms with Crippen LogP contribution in [0, 0.1) is 41.4 Å². The molecule has 0 aliphatic carbocycles. The highest BCUT2D eigenvalue weighted by molar-refractivity contribution is 6.00. The molecule has 14 atom stereocenters. The van der Waals surface area contributed by atoms with Gasteiger partial charge in [0.25, 0.3) is 0 Å². The van der Waals surface area contributed by atoms with Crippen molar-refractivity contribution in [2.45, 2.75) is 248 Å². The maximum atomic E-state index is 15.9. The van der Waals surface area contributed by atoms with Crippen LogP contribution in [0.2, 0.25) is 0 Å². The van der Waals surface area contributed by atoms with Crippen molar-refractivity contribution in [3.8, 4) is 0 Å². The highest BCUT2D eigenvalue weighted by atomic mass is 16.5. The van der Waals surface area contributed by atoms with E-state index in [9.17, 15) is 43.2 Å². The van der Waals surface area contributed by atoms with Gasteiger partial charge in [0, 0.05) is 67.6 Å². The summed E-state index contributed by atoms with van der Waals surface area (Å²) in [5.41, 5.74) is 6.40.